The molecule has 0 saturated heterocycles. The summed E-state index contributed by atoms with van der Waals surface area (Å²) >= 11 is 0. The Morgan fingerprint density at radius 1 is 1.05 bits per heavy atom. The van der Waals surface area contributed by atoms with Gasteiger partial charge in [0.25, 0.3) is 0 Å². The number of carbonyl (C=O) groups excluding carboxylic acids is 1. The Morgan fingerprint density at radius 3 is 2.53 bits per heavy atom. The maximum Gasteiger partial charge on any atom is 0.228 e. The molecule has 0 aromatic rings. The summed E-state index contributed by atoms with van der Waals surface area (Å²) in [5.74, 6) is 1.97. The summed E-state index contributed by atoms with van der Waals surface area (Å²) in [6.45, 7) is 2.44. The molecule has 0 radical (unpaired) electrons. The van der Waals surface area contributed by atoms with Crippen LogP contribution in [0.2, 0.25) is 0 Å². The van der Waals surface area contributed by atoms with E-state index >= 15 is 0 Å². The lowest BCUT2D eigenvalue weighted by atomic mass is 9.76. The van der Waals surface area contributed by atoms with Gasteiger partial charge in [-0.25, -0.2) is 0 Å². The van der Waals surface area contributed by atoms with Gasteiger partial charge in [-0.15, -0.1) is 0 Å². The molecule has 2 N–H and O–H groups in total. The largest absolute Gasteiger partial charge is 0.314 e. The number of rotatable bonds is 2. The van der Waals surface area contributed by atoms with E-state index in [0.29, 0.717) is 17.2 Å². The SMILES string of the molecule is CC12CCC[C@H]1CC[C@@H](C(=N)NC(=O)C1CC1)CC2. The second-order valence-electron chi connectivity index (χ2n) is 7.23. The molecule has 3 aliphatic rings. The van der Waals surface area contributed by atoms with Gasteiger partial charge in [-0.2, -0.15) is 0 Å². The summed E-state index contributed by atoms with van der Waals surface area (Å²) in [4.78, 5) is 11.8. The molecule has 3 heteroatoms. The Morgan fingerprint density at radius 2 is 1.79 bits per heavy atom. The third-order valence-corrected chi connectivity index (χ3v) is 5.83. The minimum Gasteiger partial charge on any atom is -0.314 e. The number of fused-ring (bicyclic) bond motifs is 1. The van der Waals surface area contributed by atoms with E-state index in [9.17, 15) is 4.79 Å². The molecule has 3 nitrogen and oxygen atoms in total. The van der Waals surface area contributed by atoms with Gasteiger partial charge in [-0.05, 0) is 62.7 Å². The average molecular weight is 262 g/mol. The Hall–Kier alpha value is -0.860. The van der Waals surface area contributed by atoms with Gasteiger partial charge in [0.05, 0.1) is 0 Å². The Bertz CT molecular complexity index is 388. The zero-order valence-electron chi connectivity index (χ0n) is 12.0. The van der Waals surface area contributed by atoms with E-state index < -0.39 is 0 Å². The second-order valence-corrected chi connectivity index (χ2v) is 7.23. The van der Waals surface area contributed by atoms with E-state index in [1.165, 1.54) is 32.1 Å². The zero-order valence-corrected chi connectivity index (χ0v) is 12.0. The molecule has 3 saturated carbocycles. The predicted octanol–water partition coefficient (Wildman–Crippen LogP) is 3.49. The van der Waals surface area contributed by atoms with Crippen LogP contribution >= 0.6 is 0 Å². The predicted molar refractivity (Wildman–Crippen MR) is 76.0 cm³/mol. The quantitative estimate of drug-likeness (QED) is 0.581. The van der Waals surface area contributed by atoms with Gasteiger partial charge >= 0.3 is 0 Å². The number of hydrogen-bond acceptors (Lipinski definition) is 2. The van der Waals surface area contributed by atoms with Crippen LogP contribution in [-0.4, -0.2) is 11.7 Å². The molecule has 1 unspecified atom stereocenters. The van der Waals surface area contributed by atoms with Crippen LogP contribution in [0.5, 0.6) is 0 Å². The first-order chi connectivity index (χ1) is 9.08. The highest BCUT2D eigenvalue weighted by atomic mass is 16.2. The van der Waals surface area contributed by atoms with Crippen LogP contribution in [0, 0.1) is 28.6 Å². The van der Waals surface area contributed by atoms with E-state index in [0.717, 1.165) is 31.6 Å². The number of hydrogen-bond donors (Lipinski definition) is 2. The van der Waals surface area contributed by atoms with Gasteiger partial charge in [0.15, 0.2) is 0 Å². The molecule has 106 valence electrons. The molecule has 3 rings (SSSR count). The van der Waals surface area contributed by atoms with Gasteiger partial charge in [0.2, 0.25) is 5.91 Å². The standard InChI is InChI=1S/C16H26N2O/c1-16-9-2-3-13(16)7-6-11(8-10-16)14(17)18-15(19)12-4-5-12/h11-13H,2-10H2,1H3,(H2,17,18,19)/t11-,13+,16?/m1/s1. The number of amides is 1. The minimum atomic E-state index is 0.0978. The monoisotopic (exact) mass is 262 g/mol. The van der Waals surface area contributed by atoms with Crippen molar-refractivity contribution in [2.24, 2.45) is 23.2 Å². The molecule has 0 aromatic carbocycles. The van der Waals surface area contributed by atoms with Crippen LogP contribution < -0.4 is 5.32 Å². The molecule has 19 heavy (non-hydrogen) atoms. The fourth-order valence-electron chi connectivity index (χ4n) is 4.15. The fraction of sp³-hybridized carbons (Fsp3) is 0.875. The Balaban J connectivity index is 1.57. The number of nitrogens with one attached hydrogen (secondary N) is 2. The highest BCUT2D eigenvalue weighted by molar-refractivity contribution is 5.99. The summed E-state index contributed by atoms with van der Waals surface area (Å²) in [6, 6.07) is 0. The van der Waals surface area contributed by atoms with Crippen molar-refractivity contribution >= 4 is 11.7 Å². The Labute approximate surface area is 116 Å². The van der Waals surface area contributed by atoms with E-state index in [1.807, 2.05) is 0 Å². The molecule has 3 aliphatic carbocycles. The number of carbonyl (C=O) groups is 1. The summed E-state index contributed by atoms with van der Waals surface area (Å²) in [7, 11) is 0. The van der Waals surface area contributed by atoms with Crippen molar-refractivity contribution in [2.75, 3.05) is 0 Å². The van der Waals surface area contributed by atoms with Gasteiger partial charge in [0, 0.05) is 11.8 Å². The van der Waals surface area contributed by atoms with Crippen LogP contribution in [0.15, 0.2) is 0 Å². The van der Waals surface area contributed by atoms with Crippen LogP contribution in [0.25, 0.3) is 0 Å². The van der Waals surface area contributed by atoms with Gasteiger partial charge in [0.1, 0.15) is 5.84 Å². The van der Waals surface area contributed by atoms with Crippen molar-refractivity contribution < 1.29 is 4.79 Å². The average Bonchev–Trinajstić information content (AvgIpc) is 3.17. The third-order valence-electron chi connectivity index (χ3n) is 5.83. The lowest BCUT2D eigenvalue weighted by Crippen LogP contribution is -2.36. The normalized spacial score (nSPS) is 38.4. The van der Waals surface area contributed by atoms with Crippen molar-refractivity contribution in [2.45, 2.75) is 64.7 Å². The molecule has 1 amide bonds. The first kappa shape index (κ1) is 13.1. The van der Waals surface area contributed by atoms with Crippen molar-refractivity contribution in [3.8, 4) is 0 Å². The van der Waals surface area contributed by atoms with Crippen molar-refractivity contribution in [3.05, 3.63) is 0 Å². The topological polar surface area (TPSA) is 53.0 Å². The highest BCUT2D eigenvalue weighted by Gasteiger charge is 2.41. The third kappa shape index (κ3) is 2.70. The van der Waals surface area contributed by atoms with Crippen molar-refractivity contribution in [3.63, 3.8) is 0 Å². The molecule has 3 atom stereocenters. The summed E-state index contributed by atoms with van der Waals surface area (Å²) in [5.41, 5.74) is 0.523. The van der Waals surface area contributed by atoms with Gasteiger partial charge in [-0.3, -0.25) is 10.2 Å². The second kappa shape index (κ2) is 4.92. The summed E-state index contributed by atoms with van der Waals surface area (Å²) in [5, 5.41) is 11.0. The maximum atomic E-state index is 11.8. The van der Waals surface area contributed by atoms with Gasteiger partial charge < -0.3 is 5.32 Å². The minimum absolute atomic E-state index is 0.0978. The molecular weight excluding hydrogens is 236 g/mol. The van der Waals surface area contributed by atoms with Crippen molar-refractivity contribution in [1.29, 1.82) is 5.41 Å². The van der Waals surface area contributed by atoms with Crippen LogP contribution in [0.1, 0.15) is 64.7 Å². The van der Waals surface area contributed by atoms with E-state index in [-0.39, 0.29) is 11.8 Å². The molecule has 0 aromatic heterocycles. The summed E-state index contributed by atoms with van der Waals surface area (Å²) in [6.07, 6.45) is 10.9. The van der Waals surface area contributed by atoms with Crippen LogP contribution in [0.3, 0.4) is 0 Å². The molecule has 0 aliphatic heterocycles. The lowest BCUT2D eigenvalue weighted by molar-refractivity contribution is -0.120. The van der Waals surface area contributed by atoms with E-state index in [1.54, 1.807) is 0 Å². The number of amidine groups is 1. The zero-order chi connectivity index (χ0) is 13.5. The van der Waals surface area contributed by atoms with Crippen molar-refractivity contribution in [1.82, 2.24) is 5.32 Å². The molecular formula is C16H26N2O. The molecule has 3 fully saturated rings. The first-order valence-corrected chi connectivity index (χ1v) is 7.98. The lowest BCUT2D eigenvalue weighted by Gasteiger charge is -2.29. The summed E-state index contributed by atoms with van der Waals surface area (Å²) < 4.78 is 0. The van der Waals surface area contributed by atoms with E-state index in [4.69, 9.17) is 5.41 Å². The highest BCUT2D eigenvalue weighted by Crippen LogP contribution is 2.51. The van der Waals surface area contributed by atoms with Crippen LogP contribution in [0.4, 0.5) is 0 Å². The smallest absolute Gasteiger partial charge is 0.228 e. The maximum absolute atomic E-state index is 11.8. The molecule has 0 bridgehead atoms. The van der Waals surface area contributed by atoms with Crippen LogP contribution in [-0.2, 0) is 4.79 Å². The van der Waals surface area contributed by atoms with Gasteiger partial charge in [-0.1, -0.05) is 13.3 Å². The fourth-order valence-corrected chi connectivity index (χ4v) is 4.15. The van der Waals surface area contributed by atoms with E-state index in [2.05, 4.69) is 12.2 Å². The molecule has 0 heterocycles. The Kier molecular flexibility index (Phi) is 3.40. The molecule has 0 spiro atoms. The first-order valence-electron chi connectivity index (χ1n) is 7.98.